The van der Waals surface area contributed by atoms with Crippen LogP contribution >= 0.6 is 23.7 Å². The molecule has 2 aromatic rings. The molecule has 0 saturated carbocycles. The number of hydrogen-bond donors (Lipinski definition) is 3. The van der Waals surface area contributed by atoms with Crippen molar-refractivity contribution in [3.63, 3.8) is 0 Å². The number of aromatic amines is 1. The first-order chi connectivity index (χ1) is 12.1. The van der Waals surface area contributed by atoms with Crippen molar-refractivity contribution in [3.8, 4) is 0 Å². The lowest BCUT2D eigenvalue weighted by Gasteiger charge is -2.27. The van der Waals surface area contributed by atoms with Crippen molar-refractivity contribution in [2.24, 2.45) is 11.8 Å². The van der Waals surface area contributed by atoms with E-state index in [0.29, 0.717) is 30.5 Å². The van der Waals surface area contributed by atoms with Crippen molar-refractivity contribution < 1.29 is 4.79 Å². The predicted octanol–water partition coefficient (Wildman–Crippen LogP) is 1.80. The molecule has 0 aromatic carbocycles. The molecule has 3 heterocycles. The first kappa shape index (κ1) is 19.3. The van der Waals surface area contributed by atoms with Crippen molar-refractivity contribution in [2.45, 2.75) is 39.0 Å². The Kier molecular flexibility index (Phi) is 5.99. The third kappa shape index (κ3) is 3.94. The SMILES string of the molecule is CC1CCc2c(sc3nc(CCC(=O)NCC4CNC4)[nH]c(=O)c23)C1.Cl. The smallest absolute Gasteiger partial charge is 0.259 e. The second-order valence-electron chi connectivity index (χ2n) is 7.37. The Labute approximate surface area is 162 Å². The Morgan fingerprint density at radius 1 is 1.38 bits per heavy atom. The molecule has 8 heteroatoms. The molecule has 1 fully saturated rings. The number of hydrogen-bond acceptors (Lipinski definition) is 5. The van der Waals surface area contributed by atoms with Gasteiger partial charge in [-0.3, -0.25) is 9.59 Å². The normalized spacial score (nSPS) is 19.5. The van der Waals surface area contributed by atoms with E-state index in [1.54, 1.807) is 11.3 Å². The number of fused-ring (bicyclic) bond motifs is 3. The van der Waals surface area contributed by atoms with E-state index in [0.717, 1.165) is 49.1 Å². The van der Waals surface area contributed by atoms with Gasteiger partial charge in [0.2, 0.25) is 5.91 Å². The number of carbonyl (C=O) groups excluding carboxylic acids is 1. The molecule has 1 atom stereocenters. The summed E-state index contributed by atoms with van der Waals surface area (Å²) in [7, 11) is 0. The van der Waals surface area contributed by atoms with Crippen molar-refractivity contribution >= 4 is 39.9 Å². The standard InChI is InChI=1S/C18H24N4O2S.ClH/c1-10-2-3-12-13(6-10)25-18-16(12)17(24)21-14(22-18)4-5-15(23)20-9-11-7-19-8-11;/h10-11,19H,2-9H2,1H3,(H,20,23)(H,21,22,24);1H. The van der Waals surface area contributed by atoms with Gasteiger partial charge in [-0.05, 0) is 30.7 Å². The van der Waals surface area contributed by atoms with Crippen LogP contribution in [0.2, 0.25) is 0 Å². The van der Waals surface area contributed by atoms with E-state index in [2.05, 4.69) is 27.5 Å². The topological polar surface area (TPSA) is 86.9 Å². The summed E-state index contributed by atoms with van der Waals surface area (Å²) in [4.78, 5) is 34.2. The molecule has 6 nitrogen and oxygen atoms in total. The highest BCUT2D eigenvalue weighted by Gasteiger charge is 2.23. The third-order valence-electron chi connectivity index (χ3n) is 5.26. The average Bonchev–Trinajstić information content (AvgIpc) is 2.89. The van der Waals surface area contributed by atoms with Crippen LogP contribution in [0.5, 0.6) is 0 Å². The fourth-order valence-corrected chi connectivity index (χ4v) is 4.99. The van der Waals surface area contributed by atoms with Crippen LogP contribution in [0.15, 0.2) is 4.79 Å². The van der Waals surface area contributed by atoms with Gasteiger partial charge in [0.25, 0.3) is 5.56 Å². The zero-order valence-electron chi connectivity index (χ0n) is 14.9. The Morgan fingerprint density at radius 2 is 2.19 bits per heavy atom. The number of aromatic nitrogens is 2. The molecule has 1 aliphatic carbocycles. The van der Waals surface area contributed by atoms with E-state index in [-0.39, 0.29) is 23.9 Å². The minimum absolute atomic E-state index is 0. The number of halogens is 1. The lowest BCUT2D eigenvalue weighted by atomic mass is 9.89. The number of carbonyl (C=O) groups is 1. The molecule has 4 rings (SSSR count). The van der Waals surface area contributed by atoms with Gasteiger partial charge in [0.1, 0.15) is 10.7 Å². The maximum Gasteiger partial charge on any atom is 0.259 e. The summed E-state index contributed by atoms with van der Waals surface area (Å²) in [5.41, 5.74) is 1.15. The van der Waals surface area contributed by atoms with Crippen LogP contribution in [-0.2, 0) is 24.1 Å². The number of nitrogens with one attached hydrogen (secondary N) is 3. The molecule has 2 aliphatic rings. The fourth-order valence-electron chi connectivity index (χ4n) is 3.58. The second-order valence-corrected chi connectivity index (χ2v) is 8.46. The highest BCUT2D eigenvalue weighted by Crippen LogP contribution is 2.35. The van der Waals surface area contributed by atoms with Crippen LogP contribution in [-0.4, -0.2) is 35.5 Å². The number of nitrogens with zero attached hydrogens (tertiary/aromatic N) is 1. The molecule has 142 valence electrons. The molecule has 0 bridgehead atoms. The van der Waals surface area contributed by atoms with E-state index in [1.165, 1.54) is 10.4 Å². The summed E-state index contributed by atoms with van der Waals surface area (Å²) in [6.45, 7) is 4.94. The molecule has 1 saturated heterocycles. The maximum atomic E-state index is 12.5. The molecule has 0 radical (unpaired) electrons. The fraction of sp³-hybridized carbons (Fsp3) is 0.611. The monoisotopic (exact) mass is 396 g/mol. The van der Waals surface area contributed by atoms with Gasteiger partial charge in [0, 0.05) is 43.3 Å². The van der Waals surface area contributed by atoms with Gasteiger partial charge in [-0.2, -0.15) is 0 Å². The van der Waals surface area contributed by atoms with E-state index >= 15 is 0 Å². The quantitative estimate of drug-likeness (QED) is 0.719. The molecule has 1 unspecified atom stereocenters. The van der Waals surface area contributed by atoms with Crippen molar-refractivity contribution in [3.05, 3.63) is 26.6 Å². The highest BCUT2D eigenvalue weighted by molar-refractivity contribution is 7.18. The molecule has 1 amide bonds. The minimum atomic E-state index is -0.0481. The van der Waals surface area contributed by atoms with Crippen molar-refractivity contribution in [1.29, 1.82) is 0 Å². The molecule has 26 heavy (non-hydrogen) atoms. The van der Waals surface area contributed by atoms with Crippen LogP contribution in [0.25, 0.3) is 10.2 Å². The molecule has 3 N–H and O–H groups in total. The largest absolute Gasteiger partial charge is 0.356 e. The Bertz CT molecular complexity index is 859. The van der Waals surface area contributed by atoms with Crippen LogP contribution in [0.3, 0.4) is 0 Å². The molecular weight excluding hydrogens is 372 g/mol. The highest BCUT2D eigenvalue weighted by atomic mass is 35.5. The van der Waals surface area contributed by atoms with Gasteiger partial charge in [-0.25, -0.2) is 4.98 Å². The number of thiophene rings is 1. The zero-order valence-corrected chi connectivity index (χ0v) is 16.5. The van der Waals surface area contributed by atoms with Gasteiger partial charge in [0.15, 0.2) is 0 Å². The van der Waals surface area contributed by atoms with E-state index in [1.807, 2.05) is 0 Å². The van der Waals surface area contributed by atoms with Gasteiger partial charge >= 0.3 is 0 Å². The van der Waals surface area contributed by atoms with E-state index in [9.17, 15) is 9.59 Å². The molecule has 2 aromatic heterocycles. The lowest BCUT2D eigenvalue weighted by Crippen LogP contribution is -2.48. The molecule has 1 aliphatic heterocycles. The third-order valence-corrected chi connectivity index (χ3v) is 6.41. The Morgan fingerprint density at radius 3 is 2.92 bits per heavy atom. The van der Waals surface area contributed by atoms with Crippen LogP contribution < -0.4 is 16.2 Å². The van der Waals surface area contributed by atoms with E-state index in [4.69, 9.17) is 0 Å². The summed E-state index contributed by atoms with van der Waals surface area (Å²) in [5, 5.41) is 6.92. The first-order valence-corrected chi connectivity index (χ1v) is 9.92. The van der Waals surface area contributed by atoms with Crippen LogP contribution in [0, 0.1) is 11.8 Å². The Balaban J connectivity index is 0.00000196. The Hall–Kier alpha value is -1.44. The van der Waals surface area contributed by atoms with Crippen LogP contribution in [0.4, 0.5) is 0 Å². The predicted molar refractivity (Wildman–Crippen MR) is 106 cm³/mol. The lowest BCUT2D eigenvalue weighted by molar-refractivity contribution is -0.121. The maximum absolute atomic E-state index is 12.5. The van der Waals surface area contributed by atoms with Crippen molar-refractivity contribution in [2.75, 3.05) is 19.6 Å². The van der Waals surface area contributed by atoms with Gasteiger partial charge in [0.05, 0.1) is 5.39 Å². The zero-order chi connectivity index (χ0) is 17.4. The summed E-state index contributed by atoms with van der Waals surface area (Å²) < 4.78 is 0. The number of rotatable bonds is 5. The minimum Gasteiger partial charge on any atom is -0.356 e. The van der Waals surface area contributed by atoms with Crippen LogP contribution in [0.1, 0.15) is 36.0 Å². The van der Waals surface area contributed by atoms with E-state index < -0.39 is 0 Å². The second kappa shape index (κ2) is 8.06. The summed E-state index contributed by atoms with van der Waals surface area (Å²) >= 11 is 1.65. The average molecular weight is 397 g/mol. The number of aryl methyl sites for hydroxylation is 2. The van der Waals surface area contributed by atoms with Crippen molar-refractivity contribution in [1.82, 2.24) is 20.6 Å². The number of H-pyrrole nitrogens is 1. The van der Waals surface area contributed by atoms with Gasteiger partial charge in [-0.15, -0.1) is 23.7 Å². The summed E-state index contributed by atoms with van der Waals surface area (Å²) in [5.74, 6) is 1.87. The molecule has 0 spiro atoms. The van der Waals surface area contributed by atoms with Gasteiger partial charge in [-0.1, -0.05) is 6.92 Å². The first-order valence-electron chi connectivity index (χ1n) is 9.11. The summed E-state index contributed by atoms with van der Waals surface area (Å²) in [6, 6.07) is 0. The number of amides is 1. The summed E-state index contributed by atoms with van der Waals surface area (Å²) in [6.07, 6.45) is 3.98. The van der Waals surface area contributed by atoms with Gasteiger partial charge < -0.3 is 15.6 Å². The molecular formula is C18H25ClN4O2S.